The number of aliphatic hydroxyl groups excluding tert-OH is 2. The molecule has 2 atom stereocenters. The van der Waals surface area contributed by atoms with Gasteiger partial charge >= 0.3 is 5.97 Å². The number of amides is 1. The molecule has 0 aliphatic heterocycles. The molecule has 0 spiro atoms. The molecule has 0 aromatic rings. The maximum atomic E-state index is 12.4. The number of ether oxygens (including phenoxy) is 1. The van der Waals surface area contributed by atoms with E-state index in [4.69, 9.17) is 4.74 Å². The molecule has 0 aromatic carbocycles. The SMILES string of the molecule is CCCCC/C=C\C/C=C\CCCCCCCCCC(=O)OCCCCCCCCCCCCCCCCCCCCCCCCCCCCCCCCCC(=O)NC(CO)C(O)/C=C/CCCCCCCCCCC. The topological polar surface area (TPSA) is 95.9 Å². The molecule has 6 nitrogen and oxygen atoms in total. The maximum absolute atomic E-state index is 12.4. The summed E-state index contributed by atoms with van der Waals surface area (Å²) in [7, 11) is 0. The van der Waals surface area contributed by atoms with Gasteiger partial charge in [-0.1, -0.05) is 333 Å². The van der Waals surface area contributed by atoms with Crippen molar-refractivity contribution in [2.75, 3.05) is 13.2 Å². The molecule has 0 bridgehead atoms. The molecule has 0 radical (unpaired) electrons. The standard InChI is InChI=1S/C70H133NO5/c1-3-5-7-9-11-13-15-16-17-33-37-40-44-48-52-56-60-64-70(75)76-65-61-57-53-49-45-41-38-35-32-30-28-26-24-22-20-18-19-21-23-25-27-29-31-34-36-39-43-47-51-55-59-63-69(74)71-67(66-72)68(73)62-58-54-50-46-42-14-12-10-8-6-4-2/h11,13,16-17,58,62,67-68,72-73H,3-10,12,14-15,18-57,59-61,63-66H2,1-2H3,(H,71,74)/b13-11-,17-16-,62-58+. The predicted octanol–water partition coefficient (Wildman–Crippen LogP) is 21.9. The Kier molecular flexibility index (Phi) is 63.9. The molecule has 0 aromatic heterocycles. The van der Waals surface area contributed by atoms with Crippen molar-refractivity contribution in [3.63, 3.8) is 0 Å². The molecule has 448 valence electrons. The zero-order chi connectivity index (χ0) is 55.0. The Morgan fingerprint density at radius 3 is 1.03 bits per heavy atom. The number of esters is 1. The van der Waals surface area contributed by atoms with E-state index in [1.807, 2.05) is 6.08 Å². The molecular weight excluding hydrogens is 935 g/mol. The lowest BCUT2D eigenvalue weighted by molar-refractivity contribution is -0.143. The molecule has 0 saturated carbocycles. The van der Waals surface area contributed by atoms with Crippen LogP contribution in [0.25, 0.3) is 0 Å². The van der Waals surface area contributed by atoms with Crippen molar-refractivity contribution >= 4 is 11.9 Å². The summed E-state index contributed by atoms with van der Waals surface area (Å²) in [6.45, 7) is 4.89. The number of rotatable bonds is 64. The number of hydrogen-bond acceptors (Lipinski definition) is 5. The second kappa shape index (κ2) is 65.6. The predicted molar refractivity (Wildman–Crippen MR) is 333 cm³/mol. The molecule has 0 aliphatic rings. The van der Waals surface area contributed by atoms with Gasteiger partial charge in [0, 0.05) is 12.8 Å². The average molecular weight is 1070 g/mol. The van der Waals surface area contributed by atoms with Crippen molar-refractivity contribution in [1.29, 1.82) is 0 Å². The molecule has 0 fully saturated rings. The van der Waals surface area contributed by atoms with Crippen molar-refractivity contribution in [2.45, 2.75) is 386 Å². The summed E-state index contributed by atoms with van der Waals surface area (Å²) >= 11 is 0. The van der Waals surface area contributed by atoms with Gasteiger partial charge in [-0.15, -0.1) is 0 Å². The molecule has 2 unspecified atom stereocenters. The van der Waals surface area contributed by atoms with Gasteiger partial charge in [-0.3, -0.25) is 9.59 Å². The number of aliphatic hydroxyl groups is 2. The lowest BCUT2D eigenvalue weighted by Crippen LogP contribution is -2.45. The number of carbonyl (C=O) groups is 2. The zero-order valence-corrected chi connectivity index (χ0v) is 51.3. The van der Waals surface area contributed by atoms with E-state index in [9.17, 15) is 19.8 Å². The highest BCUT2D eigenvalue weighted by Gasteiger charge is 2.18. The monoisotopic (exact) mass is 1070 g/mol. The van der Waals surface area contributed by atoms with Crippen LogP contribution in [0.3, 0.4) is 0 Å². The van der Waals surface area contributed by atoms with E-state index in [2.05, 4.69) is 43.5 Å². The third kappa shape index (κ3) is 61.3. The minimum absolute atomic E-state index is 0.0127. The summed E-state index contributed by atoms with van der Waals surface area (Å²) in [6, 6.07) is -0.623. The third-order valence-electron chi connectivity index (χ3n) is 15.9. The first-order chi connectivity index (χ1) is 37.5. The zero-order valence-electron chi connectivity index (χ0n) is 51.3. The van der Waals surface area contributed by atoms with Gasteiger partial charge in [0.25, 0.3) is 0 Å². The minimum Gasteiger partial charge on any atom is -0.466 e. The number of hydrogen-bond donors (Lipinski definition) is 3. The van der Waals surface area contributed by atoms with Crippen LogP contribution < -0.4 is 5.32 Å². The molecule has 1 amide bonds. The number of unbranched alkanes of at least 4 members (excludes halogenated alkanes) is 49. The Hall–Kier alpha value is -1.92. The van der Waals surface area contributed by atoms with Gasteiger partial charge in [0.05, 0.1) is 25.4 Å². The highest BCUT2D eigenvalue weighted by molar-refractivity contribution is 5.76. The normalized spacial score (nSPS) is 12.7. The molecule has 6 heteroatoms. The summed E-state index contributed by atoms with van der Waals surface area (Å²) in [5.74, 6) is -0.0511. The van der Waals surface area contributed by atoms with E-state index >= 15 is 0 Å². The van der Waals surface area contributed by atoms with Gasteiger partial charge in [-0.05, 0) is 64.2 Å². The lowest BCUT2D eigenvalue weighted by Gasteiger charge is -2.20. The van der Waals surface area contributed by atoms with E-state index in [1.54, 1.807) is 6.08 Å². The van der Waals surface area contributed by atoms with Crippen molar-refractivity contribution in [1.82, 2.24) is 5.32 Å². The van der Waals surface area contributed by atoms with E-state index in [0.717, 1.165) is 51.4 Å². The molecular formula is C70H133NO5. The van der Waals surface area contributed by atoms with E-state index in [0.29, 0.717) is 19.4 Å². The van der Waals surface area contributed by atoms with Crippen LogP contribution in [0.15, 0.2) is 36.5 Å². The fraction of sp³-hybridized carbons (Fsp3) is 0.886. The first kappa shape index (κ1) is 74.1. The van der Waals surface area contributed by atoms with Crippen LogP contribution in [0.2, 0.25) is 0 Å². The summed E-state index contributed by atoms with van der Waals surface area (Å²) in [4.78, 5) is 24.5. The van der Waals surface area contributed by atoms with Crippen LogP contribution in [0.4, 0.5) is 0 Å². The number of nitrogens with one attached hydrogen (secondary N) is 1. The second-order valence-corrected chi connectivity index (χ2v) is 23.5. The smallest absolute Gasteiger partial charge is 0.305 e. The maximum Gasteiger partial charge on any atom is 0.305 e. The quantitative estimate of drug-likeness (QED) is 0.0320. The number of carbonyl (C=O) groups excluding carboxylic acids is 2. The third-order valence-corrected chi connectivity index (χ3v) is 15.9. The van der Waals surface area contributed by atoms with Crippen LogP contribution in [0, 0.1) is 0 Å². The minimum atomic E-state index is -0.840. The van der Waals surface area contributed by atoms with Gasteiger partial charge in [0.2, 0.25) is 5.91 Å². The molecule has 3 N–H and O–H groups in total. The largest absolute Gasteiger partial charge is 0.466 e. The summed E-state index contributed by atoms with van der Waals surface area (Å²) in [6.07, 6.45) is 83.7. The summed E-state index contributed by atoms with van der Waals surface area (Å²) < 4.78 is 5.50. The average Bonchev–Trinajstić information content (AvgIpc) is 3.42. The van der Waals surface area contributed by atoms with Crippen LogP contribution in [0.1, 0.15) is 373 Å². The molecule has 0 rings (SSSR count). The van der Waals surface area contributed by atoms with Gasteiger partial charge in [-0.2, -0.15) is 0 Å². The molecule has 0 heterocycles. The van der Waals surface area contributed by atoms with Crippen LogP contribution in [-0.4, -0.2) is 47.4 Å². The summed E-state index contributed by atoms with van der Waals surface area (Å²) in [5.41, 5.74) is 0. The highest BCUT2D eigenvalue weighted by atomic mass is 16.5. The lowest BCUT2D eigenvalue weighted by atomic mass is 10.0. The van der Waals surface area contributed by atoms with Crippen molar-refractivity contribution in [3.05, 3.63) is 36.5 Å². The second-order valence-electron chi connectivity index (χ2n) is 23.5. The molecule has 0 aliphatic carbocycles. The Bertz CT molecular complexity index is 1230. The fourth-order valence-electron chi connectivity index (χ4n) is 10.7. The summed E-state index contributed by atoms with van der Waals surface area (Å²) in [5, 5.41) is 23.1. The first-order valence-corrected chi connectivity index (χ1v) is 34.3. The van der Waals surface area contributed by atoms with E-state index < -0.39 is 12.1 Å². The fourth-order valence-corrected chi connectivity index (χ4v) is 10.7. The van der Waals surface area contributed by atoms with E-state index in [1.165, 1.54) is 295 Å². The molecule has 76 heavy (non-hydrogen) atoms. The van der Waals surface area contributed by atoms with Gasteiger partial charge in [0.1, 0.15) is 0 Å². The first-order valence-electron chi connectivity index (χ1n) is 34.3. The Morgan fingerprint density at radius 1 is 0.368 bits per heavy atom. The van der Waals surface area contributed by atoms with Gasteiger partial charge in [-0.25, -0.2) is 0 Å². The Balaban J connectivity index is 3.31. The Morgan fingerprint density at radius 2 is 0.658 bits per heavy atom. The van der Waals surface area contributed by atoms with Crippen LogP contribution in [0.5, 0.6) is 0 Å². The number of allylic oxidation sites excluding steroid dienone is 5. The van der Waals surface area contributed by atoms with Crippen molar-refractivity contribution in [2.24, 2.45) is 0 Å². The van der Waals surface area contributed by atoms with Gasteiger partial charge in [0.15, 0.2) is 0 Å². The van der Waals surface area contributed by atoms with Crippen LogP contribution >= 0.6 is 0 Å². The Labute approximate surface area is 474 Å². The van der Waals surface area contributed by atoms with Crippen molar-refractivity contribution < 1.29 is 24.5 Å². The van der Waals surface area contributed by atoms with Gasteiger partial charge < -0.3 is 20.3 Å². The van der Waals surface area contributed by atoms with E-state index in [-0.39, 0.29) is 18.5 Å². The van der Waals surface area contributed by atoms with Crippen molar-refractivity contribution in [3.8, 4) is 0 Å². The van der Waals surface area contributed by atoms with Crippen LogP contribution in [-0.2, 0) is 14.3 Å². The highest BCUT2D eigenvalue weighted by Crippen LogP contribution is 2.18. The molecule has 0 saturated heterocycles.